The summed E-state index contributed by atoms with van der Waals surface area (Å²) in [6, 6.07) is 62.9. The first-order valence-electron chi connectivity index (χ1n) is 16.1. The molecule has 0 amide bonds. The third kappa shape index (κ3) is 6.23. The Bertz CT molecular complexity index is 2120. The minimum absolute atomic E-state index is 0.0100. The van der Waals surface area contributed by atoms with E-state index in [0.29, 0.717) is 0 Å². The Balaban J connectivity index is 1.13. The lowest BCUT2D eigenvalue weighted by molar-refractivity contribution is 0.989. The molecule has 1 aliphatic heterocycles. The molecule has 3 nitrogen and oxygen atoms in total. The maximum Gasteiger partial charge on any atom is 0.0753 e. The molecule has 226 valence electrons. The van der Waals surface area contributed by atoms with Crippen molar-refractivity contribution < 1.29 is 0 Å². The Morgan fingerprint density at radius 2 is 0.830 bits per heavy atom. The summed E-state index contributed by atoms with van der Waals surface area (Å²) in [6.45, 7) is 0. The molecule has 3 heteroatoms. The molecule has 7 aromatic carbocycles. The second-order valence-electron chi connectivity index (χ2n) is 12.2. The average molecular weight is 606 g/mol. The SMILES string of the molecule is N[C@@H]1NC1c1cc(-c2ccccc2)cc(-c2ccc(Nc3cc(-c4ccccc4)ccc3-c3ccc(-c4ccccc4)cc3)cc2)c1. The molecule has 0 saturated carbocycles. The summed E-state index contributed by atoms with van der Waals surface area (Å²) in [5.74, 6) is 0. The van der Waals surface area contributed by atoms with Crippen LogP contribution in [0.4, 0.5) is 11.4 Å². The Morgan fingerprint density at radius 3 is 1.38 bits per heavy atom. The maximum absolute atomic E-state index is 6.19. The highest BCUT2D eigenvalue weighted by molar-refractivity contribution is 5.86. The number of hydrogen-bond donors (Lipinski definition) is 3. The summed E-state index contributed by atoms with van der Waals surface area (Å²) in [5.41, 5.74) is 21.4. The van der Waals surface area contributed by atoms with Crippen LogP contribution in [0.25, 0.3) is 55.6 Å². The Labute approximate surface area is 276 Å². The van der Waals surface area contributed by atoms with E-state index in [2.05, 4.69) is 187 Å². The molecule has 1 unspecified atom stereocenters. The molecule has 0 aliphatic carbocycles. The third-order valence-corrected chi connectivity index (χ3v) is 8.97. The Hall–Kier alpha value is -5.74. The number of nitrogens with two attached hydrogens (primary N) is 1. The largest absolute Gasteiger partial charge is 0.355 e. The lowest BCUT2D eigenvalue weighted by atomic mass is 9.94. The molecule has 0 aromatic heterocycles. The van der Waals surface area contributed by atoms with Crippen molar-refractivity contribution in [1.29, 1.82) is 0 Å². The lowest BCUT2D eigenvalue weighted by Crippen LogP contribution is -2.04. The Morgan fingerprint density at radius 1 is 0.404 bits per heavy atom. The highest BCUT2D eigenvalue weighted by Gasteiger charge is 2.34. The highest BCUT2D eigenvalue weighted by Crippen LogP contribution is 2.38. The molecule has 8 rings (SSSR count). The van der Waals surface area contributed by atoms with Crippen molar-refractivity contribution in [3.05, 3.63) is 181 Å². The van der Waals surface area contributed by atoms with E-state index in [4.69, 9.17) is 5.73 Å². The van der Waals surface area contributed by atoms with Crippen LogP contribution in [0.3, 0.4) is 0 Å². The van der Waals surface area contributed by atoms with E-state index in [1.165, 1.54) is 55.6 Å². The molecule has 0 radical (unpaired) electrons. The van der Waals surface area contributed by atoms with E-state index in [0.717, 1.165) is 16.9 Å². The molecule has 4 N–H and O–H groups in total. The fraction of sp³-hybridized carbons (Fsp3) is 0.0455. The predicted octanol–water partition coefficient (Wildman–Crippen LogP) is 10.7. The zero-order valence-corrected chi connectivity index (χ0v) is 26.0. The summed E-state index contributed by atoms with van der Waals surface area (Å²) in [6.07, 6.45) is 0.0100. The first-order chi connectivity index (χ1) is 23.2. The van der Waals surface area contributed by atoms with Crippen LogP contribution < -0.4 is 16.4 Å². The number of benzene rings is 7. The van der Waals surface area contributed by atoms with Gasteiger partial charge in [-0.1, -0.05) is 140 Å². The molecule has 7 aromatic rings. The molecular weight excluding hydrogens is 571 g/mol. The quantitative estimate of drug-likeness (QED) is 0.151. The smallest absolute Gasteiger partial charge is 0.0753 e. The van der Waals surface area contributed by atoms with Crippen LogP contribution in [0.1, 0.15) is 11.6 Å². The van der Waals surface area contributed by atoms with Gasteiger partial charge in [-0.2, -0.15) is 0 Å². The number of anilines is 2. The van der Waals surface area contributed by atoms with Gasteiger partial charge in [0.1, 0.15) is 0 Å². The molecule has 0 spiro atoms. The second-order valence-corrected chi connectivity index (χ2v) is 12.2. The third-order valence-electron chi connectivity index (χ3n) is 8.97. The fourth-order valence-electron chi connectivity index (χ4n) is 6.33. The molecule has 1 aliphatic rings. The number of hydrogen-bond acceptors (Lipinski definition) is 3. The van der Waals surface area contributed by atoms with Gasteiger partial charge >= 0.3 is 0 Å². The van der Waals surface area contributed by atoms with Crippen molar-refractivity contribution in [3.63, 3.8) is 0 Å². The monoisotopic (exact) mass is 605 g/mol. The van der Waals surface area contributed by atoms with Crippen molar-refractivity contribution in [2.45, 2.75) is 12.2 Å². The van der Waals surface area contributed by atoms with Gasteiger partial charge in [-0.15, -0.1) is 0 Å². The lowest BCUT2D eigenvalue weighted by Gasteiger charge is -2.16. The van der Waals surface area contributed by atoms with E-state index in [1.807, 2.05) is 0 Å². The normalized spacial score (nSPS) is 15.3. The molecular formula is C44H35N3. The van der Waals surface area contributed by atoms with E-state index in [1.54, 1.807) is 0 Å². The van der Waals surface area contributed by atoms with Crippen LogP contribution in [0.5, 0.6) is 0 Å². The zero-order chi connectivity index (χ0) is 31.6. The van der Waals surface area contributed by atoms with Crippen LogP contribution in [-0.4, -0.2) is 6.17 Å². The fourth-order valence-corrected chi connectivity index (χ4v) is 6.33. The van der Waals surface area contributed by atoms with Crippen molar-refractivity contribution in [1.82, 2.24) is 5.32 Å². The van der Waals surface area contributed by atoms with Gasteiger partial charge < -0.3 is 11.1 Å². The molecule has 0 bridgehead atoms. The average Bonchev–Trinajstić information content (AvgIpc) is 3.89. The van der Waals surface area contributed by atoms with Crippen LogP contribution in [-0.2, 0) is 0 Å². The van der Waals surface area contributed by atoms with Crippen molar-refractivity contribution >= 4 is 11.4 Å². The topological polar surface area (TPSA) is 60.0 Å². The van der Waals surface area contributed by atoms with Crippen LogP contribution in [0, 0.1) is 0 Å². The summed E-state index contributed by atoms with van der Waals surface area (Å²) in [7, 11) is 0. The zero-order valence-electron chi connectivity index (χ0n) is 26.0. The molecule has 1 saturated heterocycles. The van der Waals surface area contributed by atoms with Crippen LogP contribution >= 0.6 is 0 Å². The van der Waals surface area contributed by atoms with Gasteiger partial charge in [0.25, 0.3) is 0 Å². The van der Waals surface area contributed by atoms with E-state index in [9.17, 15) is 0 Å². The molecule has 1 fully saturated rings. The highest BCUT2D eigenvalue weighted by atomic mass is 15.2. The summed E-state index contributed by atoms with van der Waals surface area (Å²) < 4.78 is 0. The predicted molar refractivity (Wildman–Crippen MR) is 197 cm³/mol. The van der Waals surface area contributed by atoms with Gasteiger partial charge in [-0.3, -0.25) is 5.32 Å². The van der Waals surface area contributed by atoms with Gasteiger partial charge in [-0.25, -0.2) is 0 Å². The van der Waals surface area contributed by atoms with Gasteiger partial charge in [0.15, 0.2) is 0 Å². The molecule has 2 atom stereocenters. The minimum atomic E-state index is 0.0100. The van der Waals surface area contributed by atoms with E-state index in [-0.39, 0.29) is 12.2 Å². The maximum atomic E-state index is 6.19. The summed E-state index contributed by atoms with van der Waals surface area (Å²) in [4.78, 5) is 0. The number of rotatable bonds is 8. The number of nitrogens with one attached hydrogen (secondary N) is 2. The van der Waals surface area contributed by atoms with Gasteiger partial charge in [0, 0.05) is 16.9 Å². The van der Waals surface area contributed by atoms with Gasteiger partial charge in [0.2, 0.25) is 0 Å². The first-order valence-corrected chi connectivity index (χ1v) is 16.1. The summed E-state index contributed by atoms with van der Waals surface area (Å²) >= 11 is 0. The first kappa shape index (κ1) is 28.7. The second kappa shape index (κ2) is 12.6. The van der Waals surface area contributed by atoms with E-state index >= 15 is 0 Å². The van der Waals surface area contributed by atoms with Crippen molar-refractivity contribution in [2.24, 2.45) is 5.73 Å². The van der Waals surface area contributed by atoms with Gasteiger partial charge in [0.05, 0.1) is 12.2 Å². The molecule has 1 heterocycles. The van der Waals surface area contributed by atoms with Crippen LogP contribution in [0.2, 0.25) is 0 Å². The van der Waals surface area contributed by atoms with Gasteiger partial charge in [-0.05, 0) is 92.0 Å². The standard InChI is InChI=1S/C44H35N3/c45-44-43(47-44)39-27-37(32-14-8-3-9-15-32)26-38(28-39)34-20-23-40(24-21-34)46-42-29-36(31-12-6-2-7-13-31)22-25-41(42)35-18-16-33(17-19-35)30-10-4-1-5-11-30/h1-29,43-44,46-47H,45H2/t43?,44-/m1/s1. The van der Waals surface area contributed by atoms with E-state index < -0.39 is 0 Å². The minimum Gasteiger partial charge on any atom is -0.355 e. The van der Waals surface area contributed by atoms with Crippen molar-refractivity contribution in [3.8, 4) is 55.6 Å². The Kier molecular flexibility index (Phi) is 7.68. The van der Waals surface area contributed by atoms with Crippen LogP contribution in [0.15, 0.2) is 176 Å². The molecule has 47 heavy (non-hydrogen) atoms. The van der Waals surface area contributed by atoms with Crippen molar-refractivity contribution in [2.75, 3.05) is 5.32 Å². The summed E-state index contributed by atoms with van der Waals surface area (Å²) in [5, 5.41) is 7.12.